The van der Waals surface area contributed by atoms with Crippen molar-refractivity contribution in [2.24, 2.45) is 0 Å². The van der Waals surface area contributed by atoms with Crippen molar-refractivity contribution in [2.45, 2.75) is 55.5 Å². The summed E-state index contributed by atoms with van der Waals surface area (Å²) in [5.74, 6) is 0. The Morgan fingerprint density at radius 3 is 3.06 bits per heavy atom. The van der Waals surface area contributed by atoms with Gasteiger partial charge < -0.3 is 10.3 Å². The topological polar surface area (TPSA) is 57.8 Å². The molecule has 2 rings (SSSR count). The molecule has 0 radical (unpaired) electrons. The molecule has 1 aliphatic rings. The molecule has 1 saturated carbocycles. The van der Waals surface area contributed by atoms with Gasteiger partial charge in [-0.2, -0.15) is 0 Å². The highest BCUT2D eigenvalue weighted by Crippen LogP contribution is 2.30. The average Bonchev–Trinajstić information content (AvgIpc) is 2.56. The van der Waals surface area contributed by atoms with Crippen LogP contribution in [-0.2, 0) is 0 Å². The monoisotopic (exact) mass is 267 g/mol. The quantitative estimate of drug-likeness (QED) is 0.648. The molecule has 1 heterocycles. The van der Waals surface area contributed by atoms with Gasteiger partial charge >= 0.3 is 0 Å². The van der Waals surface area contributed by atoms with Crippen LogP contribution in [0.3, 0.4) is 0 Å². The second-order valence-corrected chi connectivity index (χ2v) is 5.93. The Kier molecular flexibility index (Phi) is 5.26. The molecule has 2 N–H and O–H groups in total. The zero-order valence-corrected chi connectivity index (χ0v) is 11.6. The molecule has 0 saturated heterocycles. The molecule has 1 aromatic heterocycles. The van der Waals surface area contributed by atoms with E-state index in [1.165, 1.54) is 38.2 Å². The molecule has 18 heavy (non-hydrogen) atoms. The van der Waals surface area contributed by atoms with E-state index >= 15 is 0 Å². The van der Waals surface area contributed by atoms with Gasteiger partial charge in [0.2, 0.25) is 0 Å². The standard InChI is InChI=1S/C13H21N3OS/c1-2-14-10-6-4-3-5-7-11(10)18-13-15-9-8-12(17)16-13/h8-11,14H,2-7H2,1H3,(H,15,16,17). The predicted octanol–water partition coefficient (Wildman–Crippen LogP) is 2.17. The van der Waals surface area contributed by atoms with E-state index in [4.69, 9.17) is 0 Å². The first-order valence-corrected chi connectivity index (χ1v) is 7.63. The summed E-state index contributed by atoms with van der Waals surface area (Å²) in [6, 6.07) is 1.99. The second-order valence-electron chi connectivity index (χ2n) is 4.70. The number of aromatic amines is 1. The summed E-state index contributed by atoms with van der Waals surface area (Å²) < 4.78 is 0. The van der Waals surface area contributed by atoms with E-state index in [0.717, 1.165) is 11.7 Å². The van der Waals surface area contributed by atoms with Gasteiger partial charge in [0, 0.05) is 23.6 Å². The first-order chi connectivity index (χ1) is 8.79. The van der Waals surface area contributed by atoms with E-state index in [2.05, 4.69) is 22.2 Å². The SMILES string of the molecule is CCNC1CCCCCC1Sc1nccc(=O)[nH]1. The molecule has 1 aliphatic carbocycles. The summed E-state index contributed by atoms with van der Waals surface area (Å²) in [5.41, 5.74) is -0.0684. The molecule has 0 spiro atoms. The van der Waals surface area contributed by atoms with Gasteiger partial charge in [-0.15, -0.1) is 0 Å². The minimum atomic E-state index is -0.0684. The van der Waals surface area contributed by atoms with Crippen molar-refractivity contribution in [1.82, 2.24) is 15.3 Å². The molecule has 0 bridgehead atoms. The number of hydrogen-bond acceptors (Lipinski definition) is 4. The van der Waals surface area contributed by atoms with Gasteiger partial charge in [0.25, 0.3) is 5.56 Å². The summed E-state index contributed by atoms with van der Waals surface area (Å²) in [6.07, 6.45) is 7.89. The molecule has 2 unspecified atom stereocenters. The van der Waals surface area contributed by atoms with E-state index < -0.39 is 0 Å². The normalized spacial score (nSPS) is 24.7. The summed E-state index contributed by atoms with van der Waals surface area (Å²) in [4.78, 5) is 18.3. The molecular formula is C13H21N3OS. The Morgan fingerprint density at radius 2 is 2.28 bits per heavy atom. The molecule has 2 atom stereocenters. The lowest BCUT2D eigenvalue weighted by atomic mass is 10.1. The minimum Gasteiger partial charge on any atom is -0.313 e. The van der Waals surface area contributed by atoms with E-state index in [-0.39, 0.29) is 5.56 Å². The van der Waals surface area contributed by atoms with E-state index in [9.17, 15) is 4.79 Å². The van der Waals surface area contributed by atoms with Crippen molar-refractivity contribution in [3.8, 4) is 0 Å². The number of nitrogens with zero attached hydrogens (tertiary/aromatic N) is 1. The highest BCUT2D eigenvalue weighted by Gasteiger charge is 2.24. The van der Waals surface area contributed by atoms with Crippen molar-refractivity contribution in [1.29, 1.82) is 0 Å². The number of H-pyrrole nitrogens is 1. The number of hydrogen-bond donors (Lipinski definition) is 2. The largest absolute Gasteiger partial charge is 0.313 e. The summed E-state index contributed by atoms with van der Waals surface area (Å²) in [5, 5.41) is 4.83. The molecule has 5 heteroatoms. The van der Waals surface area contributed by atoms with Gasteiger partial charge in [-0.3, -0.25) is 4.79 Å². The number of nitrogens with one attached hydrogen (secondary N) is 2. The van der Waals surface area contributed by atoms with E-state index in [1.807, 2.05) is 0 Å². The second kappa shape index (κ2) is 6.95. The fourth-order valence-corrected chi connectivity index (χ4v) is 3.71. The highest BCUT2D eigenvalue weighted by atomic mass is 32.2. The maximum Gasteiger partial charge on any atom is 0.251 e. The summed E-state index contributed by atoms with van der Waals surface area (Å²) in [6.45, 7) is 3.15. The molecule has 100 valence electrons. The Labute approximate surface area is 112 Å². The number of aromatic nitrogens is 2. The molecule has 4 nitrogen and oxygen atoms in total. The molecule has 0 amide bonds. The molecule has 0 aromatic carbocycles. The molecule has 0 aliphatic heterocycles. The molecule has 1 fully saturated rings. The van der Waals surface area contributed by atoms with Crippen molar-refractivity contribution < 1.29 is 0 Å². The van der Waals surface area contributed by atoms with Crippen LogP contribution in [0.2, 0.25) is 0 Å². The van der Waals surface area contributed by atoms with Crippen molar-refractivity contribution >= 4 is 11.8 Å². The average molecular weight is 267 g/mol. The lowest BCUT2D eigenvalue weighted by Crippen LogP contribution is -2.37. The van der Waals surface area contributed by atoms with E-state index in [1.54, 1.807) is 18.0 Å². The van der Waals surface area contributed by atoms with E-state index in [0.29, 0.717) is 11.3 Å². The van der Waals surface area contributed by atoms with Crippen LogP contribution in [0.25, 0.3) is 0 Å². The first-order valence-electron chi connectivity index (χ1n) is 6.75. The summed E-state index contributed by atoms with van der Waals surface area (Å²) in [7, 11) is 0. The third-order valence-electron chi connectivity index (χ3n) is 3.33. The van der Waals surface area contributed by atoms with Crippen molar-refractivity contribution in [3.05, 3.63) is 22.6 Å². The van der Waals surface area contributed by atoms with Gasteiger partial charge in [-0.25, -0.2) is 4.98 Å². The van der Waals surface area contributed by atoms with Gasteiger partial charge in [0.1, 0.15) is 0 Å². The van der Waals surface area contributed by atoms with Crippen LogP contribution in [0, 0.1) is 0 Å². The third-order valence-corrected chi connectivity index (χ3v) is 4.63. The predicted molar refractivity (Wildman–Crippen MR) is 75.1 cm³/mol. The summed E-state index contributed by atoms with van der Waals surface area (Å²) >= 11 is 1.71. The third kappa shape index (κ3) is 3.85. The number of rotatable bonds is 4. The van der Waals surface area contributed by atoms with Gasteiger partial charge in [0.15, 0.2) is 5.16 Å². The molecule has 1 aromatic rings. The van der Waals surface area contributed by atoms with Crippen LogP contribution in [-0.4, -0.2) is 27.8 Å². The van der Waals surface area contributed by atoms with Gasteiger partial charge in [-0.1, -0.05) is 37.9 Å². The number of thioether (sulfide) groups is 1. The van der Waals surface area contributed by atoms with Crippen LogP contribution in [0.5, 0.6) is 0 Å². The fourth-order valence-electron chi connectivity index (χ4n) is 2.47. The lowest BCUT2D eigenvalue weighted by Gasteiger charge is -2.24. The van der Waals surface area contributed by atoms with Crippen LogP contribution in [0.15, 0.2) is 22.2 Å². The van der Waals surface area contributed by atoms with Crippen molar-refractivity contribution in [3.63, 3.8) is 0 Å². The minimum absolute atomic E-state index is 0.0684. The Balaban J connectivity index is 2.05. The Bertz CT molecular complexity index is 421. The highest BCUT2D eigenvalue weighted by molar-refractivity contribution is 7.99. The van der Waals surface area contributed by atoms with Crippen LogP contribution < -0.4 is 10.9 Å². The fraction of sp³-hybridized carbons (Fsp3) is 0.692. The van der Waals surface area contributed by atoms with Crippen LogP contribution >= 0.6 is 11.8 Å². The van der Waals surface area contributed by atoms with Gasteiger partial charge in [-0.05, 0) is 19.4 Å². The molecular weight excluding hydrogens is 246 g/mol. The Morgan fingerprint density at radius 1 is 1.44 bits per heavy atom. The maximum atomic E-state index is 11.3. The van der Waals surface area contributed by atoms with Crippen LogP contribution in [0.4, 0.5) is 0 Å². The first kappa shape index (κ1) is 13.6. The zero-order valence-electron chi connectivity index (χ0n) is 10.8. The smallest absolute Gasteiger partial charge is 0.251 e. The zero-order chi connectivity index (χ0) is 12.8. The lowest BCUT2D eigenvalue weighted by molar-refractivity contribution is 0.482. The maximum absolute atomic E-state index is 11.3. The van der Waals surface area contributed by atoms with Crippen molar-refractivity contribution in [2.75, 3.05) is 6.54 Å². The Hall–Kier alpha value is -0.810. The van der Waals surface area contributed by atoms with Crippen LogP contribution in [0.1, 0.15) is 39.0 Å². The van der Waals surface area contributed by atoms with Gasteiger partial charge in [0.05, 0.1) is 0 Å².